The highest BCUT2D eigenvalue weighted by Crippen LogP contribution is 2.32. The Hall–Kier alpha value is -4.00. The summed E-state index contributed by atoms with van der Waals surface area (Å²) in [5.74, 6) is 8.57. The zero-order chi connectivity index (χ0) is 24.4. The number of nitrogens with zero attached hydrogens (tertiary/aromatic N) is 5. The monoisotopic (exact) mass is 470 g/mol. The number of hydrogen-bond donors (Lipinski definition) is 2. The second kappa shape index (κ2) is 9.70. The van der Waals surface area contributed by atoms with E-state index in [1.807, 2.05) is 50.4 Å². The molecule has 9 nitrogen and oxygen atoms in total. The summed E-state index contributed by atoms with van der Waals surface area (Å²) in [5, 5.41) is 17.9. The van der Waals surface area contributed by atoms with E-state index in [4.69, 9.17) is 9.47 Å². The zero-order valence-corrected chi connectivity index (χ0v) is 19.8. The van der Waals surface area contributed by atoms with Gasteiger partial charge in [0.25, 0.3) is 0 Å². The summed E-state index contributed by atoms with van der Waals surface area (Å²) < 4.78 is 13.4. The largest absolute Gasteiger partial charge is 0.489 e. The third-order valence-electron chi connectivity index (χ3n) is 5.69. The van der Waals surface area contributed by atoms with E-state index in [1.165, 1.54) is 0 Å². The minimum absolute atomic E-state index is 0.245. The minimum Gasteiger partial charge on any atom is -0.489 e. The van der Waals surface area contributed by atoms with Gasteiger partial charge in [0.05, 0.1) is 17.8 Å². The molecule has 2 N–H and O–H groups in total. The van der Waals surface area contributed by atoms with Gasteiger partial charge in [0, 0.05) is 36.2 Å². The summed E-state index contributed by atoms with van der Waals surface area (Å²) >= 11 is 0. The molecule has 0 saturated carbocycles. The molecule has 0 spiro atoms. The average Bonchev–Trinajstić information content (AvgIpc) is 3.42. The summed E-state index contributed by atoms with van der Waals surface area (Å²) in [7, 11) is 0. The molecule has 4 aromatic rings. The maximum Gasteiger partial charge on any atom is 0.154 e. The number of aliphatic hydroxyl groups excluding tert-OH is 1. The molecule has 1 fully saturated rings. The van der Waals surface area contributed by atoms with Gasteiger partial charge in [-0.2, -0.15) is 5.10 Å². The number of aliphatic hydroxyl groups is 1. The first-order valence-electron chi connectivity index (χ1n) is 11.4. The van der Waals surface area contributed by atoms with Gasteiger partial charge in [0.1, 0.15) is 35.8 Å². The smallest absolute Gasteiger partial charge is 0.154 e. The molecule has 9 heteroatoms. The van der Waals surface area contributed by atoms with Crippen molar-refractivity contribution in [3.8, 4) is 28.7 Å². The molecule has 0 aliphatic carbocycles. The molecular weight excluding hydrogens is 444 g/mol. The summed E-state index contributed by atoms with van der Waals surface area (Å²) in [6.45, 7) is 6.35. The van der Waals surface area contributed by atoms with Crippen LogP contribution < -0.4 is 10.1 Å². The number of aromatic nitrogens is 5. The predicted octanol–water partition coefficient (Wildman–Crippen LogP) is 3.45. The van der Waals surface area contributed by atoms with Gasteiger partial charge in [0.2, 0.25) is 0 Å². The first-order chi connectivity index (χ1) is 17.0. The molecule has 0 unspecified atom stereocenters. The second-order valence-corrected chi connectivity index (χ2v) is 8.40. The van der Waals surface area contributed by atoms with Gasteiger partial charge in [-0.3, -0.25) is 0 Å². The van der Waals surface area contributed by atoms with Crippen LogP contribution in [0.1, 0.15) is 30.6 Å². The molecule has 1 saturated heterocycles. The van der Waals surface area contributed by atoms with Crippen molar-refractivity contribution < 1.29 is 14.6 Å². The number of fused-ring (bicyclic) bond motifs is 1. The van der Waals surface area contributed by atoms with Crippen molar-refractivity contribution >= 4 is 17.2 Å². The van der Waals surface area contributed by atoms with Gasteiger partial charge >= 0.3 is 0 Å². The number of ether oxygens (including phenoxy) is 2. The number of hydrogen-bond acceptors (Lipinski definition) is 8. The standard InChI is InChI=1S/C26H26N6O3/c1-4-5-19-12-21(23(14-27-19)35-15-24-22(33)7-9-34-24)18-6-8-32-20(11-18)13-26(31-32)30-25-10-16(2)28-17(3)29-25/h6,8,10-14,22,24,33H,7,9,15H2,1-3H3,(H,28,29,30,31)/t22-,24+/m1/s1. The van der Waals surface area contributed by atoms with Crippen LogP contribution in [0.2, 0.25) is 0 Å². The van der Waals surface area contributed by atoms with Crippen LogP contribution in [0, 0.1) is 25.7 Å². The number of pyridine rings is 2. The Labute approximate surface area is 203 Å². The average molecular weight is 471 g/mol. The number of rotatable bonds is 6. The van der Waals surface area contributed by atoms with Crippen LogP contribution in [0.3, 0.4) is 0 Å². The van der Waals surface area contributed by atoms with Crippen molar-refractivity contribution in [3.63, 3.8) is 0 Å². The molecule has 178 valence electrons. The summed E-state index contributed by atoms with van der Waals surface area (Å²) in [5.41, 5.74) is 4.22. The van der Waals surface area contributed by atoms with Crippen molar-refractivity contribution in [3.05, 3.63) is 59.9 Å². The van der Waals surface area contributed by atoms with Crippen LogP contribution in [0.4, 0.5) is 11.6 Å². The van der Waals surface area contributed by atoms with Crippen molar-refractivity contribution in [2.45, 2.75) is 39.4 Å². The fourth-order valence-electron chi connectivity index (χ4n) is 4.08. The molecule has 0 bridgehead atoms. The third kappa shape index (κ3) is 5.09. The Morgan fingerprint density at radius 2 is 2.09 bits per heavy atom. The van der Waals surface area contributed by atoms with Gasteiger partial charge in [-0.25, -0.2) is 19.5 Å². The molecule has 35 heavy (non-hydrogen) atoms. The zero-order valence-electron chi connectivity index (χ0n) is 19.8. The fourth-order valence-corrected chi connectivity index (χ4v) is 4.08. The number of aryl methyl sites for hydroxylation is 2. The highest BCUT2D eigenvalue weighted by atomic mass is 16.5. The van der Waals surface area contributed by atoms with Crippen LogP contribution in [0.25, 0.3) is 16.6 Å². The Kier molecular flexibility index (Phi) is 6.31. The lowest BCUT2D eigenvalue weighted by molar-refractivity contribution is 0.0110. The topological polar surface area (TPSA) is 107 Å². The van der Waals surface area contributed by atoms with E-state index in [1.54, 1.807) is 17.6 Å². The summed E-state index contributed by atoms with van der Waals surface area (Å²) in [6.07, 6.45) is 3.31. The second-order valence-electron chi connectivity index (χ2n) is 8.40. The number of nitrogens with one attached hydrogen (secondary N) is 1. The SMILES string of the molecule is CC#Cc1cc(-c2ccn3nc(Nc4cc(C)nc(C)n4)cc3c2)c(OC[C@@H]2OCC[C@H]2O)cn1. The third-order valence-corrected chi connectivity index (χ3v) is 5.69. The molecule has 0 radical (unpaired) electrons. The van der Waals surface area contributed by atoms with E-state index in [9.17, 15) is 5.11 Å². The molecule has 0 amide bonds. The molecule has 5 heterocycles. The van der Waals surface area contributed by atoms with Crippen LogP contribution in [-0.4, -0.2) is 55.1 Å². The lowest BCUT2D eigenvalue weighted by Gasteiger charge is -2.17. The highest BCUT2D eigenvalue weighted by molar-refractivity contribution is 5.75. The van der Waals surface area contributed by atoms with Gasteiger partial charge in [-0.05, 0) is 56.9 Å². The first-order valence-corrected chi connectivity index (χ1v) is 11.4. The maximum atomic E-state index is 10.1. The summed E-state index contributed by atoms with van der Waals surface area (Å²) in [4.78, 5) is 13.1. The number of anilines is 2. The molecule has 0 aromatic carbocycles. The Balaban J connectivity index is 1.45. The van der Waals surface area contributed by atoms with Crippen LogP contribution in [0.5, 0.6) is 5.75 Å². The molecular formula is C26H26N6O3. The fraction of sp³-hybridized carbons (Fsp3) is 0.308. The lowest BCUT2D eigenvalue weighted by atomic mass is 10.1. The van der Waals surface area contributed by atoms with Crippen LogP contribution >= 0.6 is 0 Å². The first kappa shape index (κ1) is 22.8. The molecule has 1 aliphatic rings. The van der Waals surface area contributed by atoms with Crippen molar-refractivity contribution in [1.82, 2.24) is 24.6 Å². The van der Waals surface area contributed by atoms with Gasteiger partial charge in [-0.15, -0.1) is 0 Å². The van der Waals surface area contributed by atoms with Gasteiger partial charge < -0.3 is 19.9 Å². The molecule has 2 atom stereocenters. The molecule has 5 rings (SSSR count). The summed E-state index contributed by atoms with van der Waals surface area (Å²) in [6, 6.07) is 9.74. The van der Waals surface area contributed by atoms with Crippen LogP contribution in [-0.2, 0) is 4.74 Å². The predicted molar refractivity (Wildman–Crippen MR) is 132 cm³/mol. The normalized spacial score (nSPS) is 17.3. The Morgan fingerprint density at radius 3 is 2.86 bits per heavy atom. The van der Waals surface area contributed by atoms with E-state index >= 15 is 0 Å². The van der Waals surface area contributed by atoms with Crippen molar-refractivity contribution in [1.29, 1.82) is 0 Å². The van der Waals surface area contributed by atoms with E-state index in [2.05, 4.69) is 37.2 Å². The lowest BCUT2D eigenvalue weighted by Crippen LogP contribution is -2.28. The van der Waals surface area contributed by atoms with Crippen molar-refractivity contribution in [2.24, 2.45) is 0 Å². The minimum atomic E-state index is -0.520. The van der Waals surface area contributed by atoms with Gasteiger partial charge in [-0.1, -0.05) is 5.92 Å². The van der Waals surface area contributed by atoms with Gasteiger partial charge in [0.15, 0.2) is 5.82 Å². The Morgan fingerprint density at radius 1 is 1.20 bits per heavy atom. The highest BCUT2D eigenvalue weighted by Gasteiger charge is 2.27. The Bertz CT molecular complexity index is 1420. The molecule has 4 aromatic heterocycles. The van der Waals surface area contributed by atoms with E-state index in [-0.39, 0.29) is 12.7 Å². The maximum absolute atomic E-state index is 10.1. The molecule has 1 aliphatic heterocycles. The van der Waals surface area contributed by atoms with E-state index in [0.717, 1.165) is 22.3 Å². The quantitative estimate of drug-likeness (QED) is 0.413. The van der Waals surface area contributed by atoms with E-state index in [0.29, 0.717) is 41.9 Å². The van der Waals surface area contributed by atoms with Crippen molar-refractivity contribution in [2.75, 3.05) is 18.5 Å². The van der Waals surface area contributed by atoms with Crippen LogP contribution in [0.15, 0.2) is 42.7 Å². The van der Waals surface area contributed by atoms with E-state index < -0.39 is 6.10 Å².